The molecule has 0 radical (unpaired) electrons. The predicted octanol–water partition coefficient (Wildman–Crippen LogP) is 1.64. The fraction of sp³-hybridized carbons (Fsp3) is 0.933. The monoisotopic (exact) mass is 302 g/mol. The molecule has 0 aliphatic carbocycles. The first-order valence-corrected chi connectivity index (χ1v) is 7.77. The van der Waals surface area contributed by atoms with E-state index in [1.165, 1.54) is 0 Å². The number of methoxy groups -OCH3 is 1. The van der Waals surface area contributed by atoms with Gasteiger partial charge in [0, 0.05) is 26.8 Å². The first-order chi connectivity index (χ1) is 10.0. The number of carbonyl (C=O) groups is 1. The summed E-state index contributed by atoms with van der Waals surface area (Å²) in [4.78, 5) is 13.6. The zero-order chi connectivity index (χ0) is 15.6. The summed E-state index contributed by atoms with van der Waals surface area (Å²) in [7, 11) is 1.66. The Morgan fingerprint density at radius 1 is 1.05 bits per heavy atom. The van der Waals surface area contributed by atoms with Crippen LogP contribution in [0.1, 0.15) is 33.1 Å². The van der Waals surface area contributed by atoms with Crippen LogP contribution >= 0.6 is 0 Å². The molecule has 0 bridgehead atoms. The zero-order valence-corrected chi connectivity index (χ0v) is 13.7. The Hall–Kier alpha value is -0.850. The minimum Gasteiger partial charge on any atom is -0.382 e. The van der Waals surface area contributed by atoms with Crippen LogP contribution in [0.2, 0.25) is 0 Å². The van der Waals surface area contributed by atoms with E-state index in [1.807, 2.05) is 18.7 Å². The van der Waals surface area contributed by atoms with Crippen LogP contribution in [-0.4, -0.2) is 69.7 Å². The van der Waals surface area contributed by atoms with Gasteiger partial charge in [0.1, 0.15) is 0 Å². The quantitative estimate of drug-likeness (QED) is 0.557. The molecule has 1 aliphatic heterocycles. The van der Waals surface area contributed by atoms with Crippen LogP contribution in [0.5, 0.6) is 0 Å². The molecule has 1 fully saturated rings. The van der Waals surface area contributed by atoms with Gasteiger partial charge in [-0.05, 0) is 33.1 Å². The number of nitrogens with one attached hydrogen (secondary N) is 1. The summed E-state index contributed by atoms with van der Waals surface area (Å²) >= 11 is 0. The van der Waals surface area contributed by atoms with Gasteiger partial charge < -0.3 is 24.4 Å². The van der Waals surface area contributed by atoms with Crippen LogP contribution in [0.4, 0.5) is 4.79 Å². The maximum Gasteiger partial charge on any atom is 0.317 e. The molecular formula is C15H30N2O4. The highest BCUT2D eigenvalue weighted by Crippen LogP contribution is 2.15. The third kappa shape index (κ3) is 8.24. The Bertz CT molecular complexity index is 297. The van der Waals surface area contributed by atoms with Crippen molar-refractivity contribution in [3.05, 3.63) is 0 Å². The van der Waals surface area contributed by atoms with Gasteiger partial charge in [-0.3, -0.25) is 0 Å². The first kappa shape index (κ1) is 18.2. The number of urea groups is 1. The Labute approximate surface area is 128 Å². The van der Waals surface area contributed by atoms with E-state index in [2.05, 4.69) is 5.32 Å². The maximum atomic E-state index is 11.7. The third-order valence-corrected chi connectivity index (χ3v) is 3.34. The van der Waals surface area contributed by atoms with Crippen LogP contribution in [0.3, 0.4) is 0 Å². The molecule has 6 heteroatoms. The fourth-order valence-electron chi connectivity index (χ4n) is 2.29. The SMILES string of the molecule is COCCOCCOCCCCCN1CC(C)(C)NC1=O. The highest BCUT2D eigenvalue weighted by molar-refractivity contribution is 5.77. The number of hydrogen-bond acceptors (Lipinski definition) is 4. The number of amides is 2. The predicted molar refractivity (Wildman–Crippen MR) is 81.5 cm³/mol. The molecular weight excluding hydrogens is 272 g/mol. The second-order valence-corrected chi connectivity index (χ2v) is 6.01. The second-order valence-electron chi connectivity index (χ2n) is 6.01. The molecule has 0 spiro atoms. The van der Waals surface area contributed by atoms with E-state index >= 15 is 0 Å². The maximum absolute atomic E-state index is 11.7. The fourth-order valence-corrected chi connectivity index (χ4v) is 2.29. The zero-order valence-electron chi connectivity index (χ0n) is 13.7. The molecule has 1 heterocycles. The average molecular weight is 302 g/mol. The molecule has 1 saturated heterocycles. The lowest BCUT2D eigenvalue weighted by atomic mass is 10.1. The van der Waals surface area contributed by atoms with Crippen molar-refractivity contribution in [1.29, 1.82) is 0 Å². The van der Waals surface area contributed by atoms with E-state index in [4.69, 9.17) is 14.2 Å². The van der Waals surface area contributed by atoms with E-state index < -0.39 is 0 Å². The molecule has 6 nitrogen and oxygen atoms in total. The molecule has 0 saturated carbocycles. The molecule has 0 aromatic rings. The van der Waals surface area contributed by atoms with Gasteiger partial charge in [-0.15, -0.1) is 0 Å². The first-order valence-electron chi connectivity index (χ1n) is 7.77. The molecule has 0 aromatic heterocycles. The van der Waals surface area contributed by atoms with E-state index in [-0.39, 0.29) is 11.6 Å². The highest BCUT2D eigenvalue weighted by atomic mass is 16.5. The minimum absolute atomic E-state index is 0.0597. The van der Waals surface area contributed by atoms with Crippen molar-refractivity contribution in [2.75, 3.05) is 53.2 Å². The van der Waals surface area contributed by atoms with Gasteiger partial charge in [0.25, 0.3) is 0 Å². The van der Waals surface area contributed by atoms with Crippen LogP contribution in [0.15, 0.2) is 0 Å². The van der Waals surface area contributed by atoms with Crippen molar-refractivity contribution in [3.8, 4) is 0 Å². The molecule has 0 aromatic carbocycles. The topological polar surface area (TPSA) is 60.0 Å². The van der Waals surface area contributed by atoms with E-state index in [0.29, 0.717) is 26.4 Å². The van der Waals surface area contributed by atoms with Gasteiger partial charge >= 0.3 is 6.03 Å². The molecule has 1 rings (SSSR count). The molecule has 0 unspecified atom stereocenters. The van der Waals surface area contributed by atoms with E-state index in [1.54, 1.807) is 7.11 Å². The Balaban J connectivity index is 1.86. The molecule has 2 amide bonds. The lowest BCUT2D eigenvalue weighted by molar-refractivity contribution is 0.0239. The van der Waals surface area contributed by atoms with Crippen LogP contribution in [-0.2, 0) is 14.2 Å². The number of rotatable bonds is 12. The van der Waals surface area contributed by atoms with Gasteiger partial charge in [0.05, 0.1) is 32.0 Å². The lowest BCUT2D eigenvalue weighted by Crippen LogP contribution is -2.36. The van der Waals surface area contributed by atoms with Crippen molar-refractivity contribution in [2.24, 2.45) is 0 Å². The van der Waals surface area contributed by atoms with E-state index in [9.17, 15) is 4.79 Å². The van der Waals surface area contributed by atoms with Gasteiger partial charge in [-0.2, -0.15) is 0 Å². The number of ether oxygens (including phenoxy) is 3. The summed E-state index contributed by atoms with van der Waals surface area (Å²) in [5.41, 5.74) is -0.0942. The molecule has 1 N–H and O–H groups in total. The average Bonchev–Trinajstić information content (AvgIpc) is 2.69. The minimum atomic E-state index is -0.0942. The van der Waals surface area contributed by atoms with Crippen LogP contribution in [0, 0.1) is 0 Å². The highest BCUT2D eigenvalue weighted by Gasteiger charge is 2.33. The Kier molecular flexibility index (Phi) is 8.64. The summed E-state index contributed by atoms with van der Waals surface area (Å²) in [6.45, 7) is 8.97. The summed E-state index contributed by atoms with van der Waals surface area (Å²) in [6, 6.07) is 0.0597. The molecule has 21 heavy (non-hydrogen) atoms. The van der Waals surface area contributed by atoms with Crippen molar-refractivity contribution >= 4 is 6.03 Å². The molecule has 1 aliphatic rings. The number of unbranched alkanes of at least 4 members (excludes halogenated alkanes) is 2. The number of carbonyl (C=O) groups excluding carboxylic acids is 1. The van der Waals surface area contributed by atoms with Gasteiger partial charge in [0.15, 0.2) is 0 Å². The third-order valence-electron chi connectivity index (χ3n) is 3.34. The second kappa shape index (κ2) is 9.97. The normalized spacial score (nSPS) is 17.3. The Morgan fingerprint density at radius 3 is 2.33 bits per heavy atom. The molecule has 0 atom stereocenters. The standard InChI is InChI=1S/C15H30N2O4/c1-15(2)13-17(14(18)16-15)7-5-4-6-8-20-11-12-21-10-9-19-3/h4-13H2,1-3H3,(H,16,18). The molecule has 124 valence electrons. The largest absolute Gasteiger partial charge is 0.382 e. The summed E-state index contributed by atoms with van der Waals surface area (Å²) in [5.74, 6) is 0. The smallest absolute Gasteiger partial charge is 0.317 e. The van der Waals surface area contributed by atoms with Crippen molar-refractivity contribution in [2.45, 2.75) is 38.6 Å². The van der Waals surface area contributed by atoms with Crippen LogP contribution < -0.4 is 5.32 Å². The van der Waals surface area contributed by atoms with Crippen molar-refractivity contribution in [3.63, 3.8) is 0 Å². The van der Waals surface area contributed by atoms with Crippen molar-refractivity contribution in [1.82, 2.24) is 10.2 Å². The summed E-state index contributed by atoms with van der Waals surface area (Å²) < 4.78 is 15.7. The van der Waals surface area contributed by atoms with Crippen LogP contribution in [0.25, 0.3) is 0 Å². The summed E-state index contributed by atoms with van der Waals surface area (Å²) in [5, 5.41) is 2.97. The van der Waals surface area contributed by atoms with Gasteiger partial charge in [-0.25, -0.2) is 4.79 Å². The number of nitrogens with zero attached hydrogens (tertiary/aromatic N) is 1. The summed E-state index contributed by atoms with van der Waals surface area (Å²) in [6.07, 6.45) is 3.13. The van der Waals surface area contributed by atoms with E-state index in [0.717, 1.165) is 39.0 Å². The van der Waals surface area contributed by atoms with Crippen molar-refractivity contribution < 1.29 is 19.0 Å². The Morgan fingerprint density at radius 2 is 1.71 bits per heavy atom. The van der Waals surface area contributed by atoms with Gasteiger partial charge in [-0.1, -0.05) is 0 Å². The lowest BCUT2D eigenvalue weighted by Gasteiger charge is -2.17. The number of hydrogen-bond donors (Lipinski definition) is 1. The van der Waals surface area contributed by atoms with Gasteiger partial charge in [0.2, 0.25) is 0 Å².